The van der Waals surface area contributed by atoms with Gasteiger partial charge in [0.1, 0.15) is 0 Å². The highest BCUT2D eigenvalue weighted by molar-refractivity contribution is 7.99. The standard InChI is InChI=1S/C13H21NS/c1-5-15-8-13(14)12-7-10(3)9(2)6-11(12)4/h6-7,13H,5,8,14H2,1-4H3. The Bertz CT molecular complexity index is 334. The van der Waals surface area contributed by atoms with E-state index >= 15 is 0 Å². The third kappa shape index (κ3) is 3.25. The molecule has 2 N–H and O–H groups in total. The van der Waals surface area contributed by atoms with Crippen LogP contribution in [0.25, 0.3) is 0 Å². The molecule has 0 aliphatic heterocycles. The molecule has 1 unspecified atom stereocenters. The molecular formula is C13H21NS. The van der Waals surface area contributed by atoms with E-state index < -0.39 is 0 Å². The van der Waals surface area contributed by atoms with Crippen molar-refractivity contribution >= 4 is 11.8 Å². The summed E-state index contributed by atoms with van der Waals surface area (Å²) >= 11 is 1.90. The summed E-state index contributed by atoms with van der Waals surface area (Å²) in [7, 11) is 0. The summed E-state index contributed by atoms with van der Waals surface area (Å²) in [5.41, 5.74) is 11.5. The van der Waals surface area contributed by atoms with Crippen molar-refractivity contribution < 1.29 is 0 Å². The smallest absolute Gasteiger partial charge is 0.0389 e. The summed E-state index contributed by atoms with van der Waals surface area (Å²) in [6.07, 6.45) is 0. The monoisotopic (exact) mass is 223 g/mol. The highest BCUT2D eigenvalue weighted by atomic mass is 32.2. The molecule has 0 aliphatic rings. The molecule has 0 radical (unpaired) electrons. The number of hydrogen-bond acceptors (Lipinski definition) is 2. The molecule has 1 aromatic carbocycles. The minimum atomic E-state index is 0.175. The van der Waals surface area contributed by atoms with E-state index in [0.29, 0.717) is 0 Å². The molecule has 15 heavy (non-hydrogen) atoms. The van der Waals surface area contributed by atoms with E-state index in [1.165, 1.54) is 22.3 Å². The molecule has 0 bridgehead atoms. The van der Waals surface area contributed by atoms with Gasteiger partial charge in [-0.3, -0.25) is 0 Å². The Kier molecular flexibility index (Phi) is 4.68. The number of nitrogens with two attached hydrogens (primary N) is 1. The average Bonchev–Trinajstić information content (AvgIpc) is 2.20. The molecule has 0 fully saturated rings. The molecule has 0 saturated carbocycles. The van der Waals surface area contributed by atoms with Crippen LogP contribution in [0.15, 0.2) is 12.1 Å². The van der Waals surface area contributed by atoms with Crippen LogP contribution >= 0.6 is 11.8 Å². The zero-order valence-electron chi connectivity index (χ0n) is 10.1. The lowest BCUT2D eigenvalue weighted by atomic mass is 9.97. The lowest BCUT2D eigenvalue weighted by Gasteiger charge is -2.16. The van der Waals surface area contributed by atoms with Crippen LogP contribution in [0.1, 0.15) is 35.2 Å². The van der Waals surface area contributed by atoms with E-state index in [2.05, 4.69) is 39.8 Å². The highest BCUT2D eigenvalue weighted by Gasteiger charge is 2.09. The van der Waals surface area contributed by atoms with Gasteiger partial charge in [-0.2, -0.15) is 11.8 Å². The van der Waals surface area contributed by atoms with Crippen LogP contribution < -0.4 is 5.73 Å². The number of rotatable bonds is 4. The largest absolute Gasteiger partial charge is 0.323 e. The number of hydrogen-bond donors (Lipinski definition) is 1. The maximum Gasteiger partial charge on any atom is 0.0389 e. The lowest BCUT2D eigenvalue weighted by molar-refractivity contribution is 0.820. The molecule has 1 aromatic rings. The molecule has 0 aliphatic carbocycles. The fraction of sp³-hybridized carbons (Fsp3) is 0.538. The molecule has 0 saturated heterocycles. The first-order valence-corrected chi connectivity index (χ1v) is 6.62. The van der Waals surface area contributed by atoms with E-state index in [9.17, 15) is 0 Å². The normalized spacial score (nSPS) is 12.9. The van der Waals surface area contributed by atoms with Gasteiger partial charge in [-0.1, -0.05) is 19.1 Å². The number of benzene rings is 1. The summed E-state index contributed by atoms with van der Waals surface area (Å²) in [5.74, 6) is 2.15. The van der Waals surface area contributed by atoms with Crippen LogP contribution in [0.3, 0.4) is 0 Å². The quantitative estimate of drug-likeness (QED) is 0.847. The fourth-order valence-corrected chi connectivity index (χ4v) is 2.39. The Balaban J connectivity index is 2.88. The van der Waals surface area contributed by atoms with Crippen LogP contribution in [-0.4, -0.2) is 11.5 Å². The van der Waals surface area contributed by atoms with Crippen molar-refractivity contribution in [2.75, 3.05) is 11.5 Å². The first kappa shape index (κ1) is 12.6. The average molecular weight is 223 g/mol. The first-order chi connectivity index (χ1) is 7.06. The van der Waals surface area contributed by atoms with Gasteiger partial charge in [0.25, 0.3) is 0 Å². The molecule has 1 nitrogen and oxygen atoms in total. The van der Waals surface area contributed by atoms with Gasteiger partial charge in [0.2, 0.25) is 0 Å². The predicted molar refractivity (Wildman–Crippen MR) is 70.6 cm³/mol. The number of thioether (sulfide) groups is 1. The zero-order chi connectivity index (χ0) is 11.4. The molecule has 0 aromatic heterocycles. The van der Waals surface area contributed by atoms with Crippen molar-refractivity contribution in [1.82, 2.24) is 0 Å². The molecule has 0 spiro atoms. The second-order valence-corrected chi connectivity index (χ2v) is 5.38. The zero-order valence-corrected chi connectivity index (χ0v) is 10.9. The molecule has 0 heterocycles. The van der Waals surface area contributed by atoms with Crippen molar-refractivity contribution in [1.29, 1.82) is 0 Å². The third-order valence-electron chi connectivity index (χ3n) is 2.78. The summed E-state index contributed by atoms with van der Waals surface area (Å²) in [6, 6.07) is 4.65. The lowest BCUT2D eigenvalue weighted by Crippen LogP contribution is -2.15. The van der Waals surface area contributed by atoms with Gasteiger partial charge >= 0.3 is 0 Å². The van der Waals surface area contributed by atoms with E-state index in [4.69, 9.17) is 5.73 Å². The van der Waals surface area contributed by atoms with Gasteiger partial charge in [-0.25, -0.2) is 0 Å². The second-order valence-electron chi connectivity index (χ2n) is 4.06. The third-order valence-corrected chi connectivity index (χ3v) is 3.79. The first-order valence-electron chi connectivity index (χ1n) is 5.47. The Morgan fingerprint density at radius 1 is 1.13 bits per heavy atom. The van der Waals surface area contributed by atoms with Crippen molar-refractivity contribution in [2.24, 2.45) is 5.73 Å². The Hall–Kier alpha value is -0.470. The molecular weight excluding hydrogens is 202 g/mol. The van der Waals surface area contributed by atoms with Gasteiger partial charge in [0, 0.05) is 11.8 Å². The summed E-state index contributed by atoms with van der Waals surface area (Å²) in [5, 5.41) is 0. The van der Waals surface area contributed by atoms with E-state index in [0.717, 1.165) is 11.5 Å². The second kappa shape index (κ2) is 5.57. The van der Waals surface area contributed by atoms with Crippen molar-refractivity contribution in [3.05, 3.63) is 34.4 Å². The number of aryl methyl sites for hydroxylation is 3. The minimum Gasteiger partial charge on any atom is -0.323 e. The summed E-state index contributed by atoms with van der Waals surface area (Å²) < 4.78 is 0. The minimum absolute atomic E-state index is 0.175. The van der Waals surface area contributed by atoms with Crippen molar-refractivity contribution in [2.45, 2.75) is 33.7 Å². The van der Waals surface area contributed by atoms with Crippen LogP contribution in [0, 0.1) is 20.8 Å². The van der Waals surface area contributed by atoms with E-state index in [1.54, 1.807) is 0 Å². The van der Waals surface area contributed by atoms with Crippen LogP contribution in [-0.2, 0) is 0 Å². The highest BCUT2D eigenvalue weighted by Crippen LogP contribution is 2.22. The van der Waals surface area contributed by atoms with Gasteiger partial charge in [-0.05, 0) is 48.8 Å². The molecule has 1 atom stereocenters. The fourth-order valence-electron chi connectivity index (χ4n) is 1.72. The van der Waals surface area contributed by atoms with Gasteiger partial charge in [0.15, 0.2) is 0 Å². The predicted octanol–water partition coefficient (Wildman–Crippen LogP) is 3.36. The Labute approximate surface area is 97.4 Å². The van der Waals surface area contributed by atoms with Crippen LogP contribution in [0.2, 0.25) is 0 Å². The Morgan fingerprint density at radius 2 is 1.73 bits per heavy atom. The summed E-state index contributed by atoms with van der Waals surface area (Å²) in [6.45, 7) is 8.62. The topological polar surface area (TPSA) is 26.0 Å². The Morgan fingerprint density at radius 3 is 2.33 bits per heavy atom. The SMILES string of the molecule is CCSCC(N)c1cc(C)c(C)cc1C. The van der Waals surface area contributed by atoms with Crippen molar-refractivity contribution in [3.8, 4) is 0 Å². The molecule has 84 valence electrons. The van der Waals surface area contributed by atoms with Crippen molar-refractivity contribution in [3.63, 3.8) is 0 Å². The van der Waals surface area contributed by atoms with E-state index in [-0.39, 0.29) is 6.04 Å². The van der Waals surface area contributed by atoms with Gasteiger partial charge in [0.05, 0.1) is 0 Å². The van der Waals surface area contributed by atoms with Crippen LogP contribution in [0.4, 0.5) is 0 Å². The molecule has 2 heteroatoms. The summed E-state index contributed by atoms with van der Waals surface area (Å²) in [4.78, 5) is 0. The van der Waals surface area contributed by atoms with Crippen LogP contribution in [0.5, 0.6) is 0 Å². The van der Waals surface area contributed by atoms with Gasteiger partial charge < -0.3 is 5.73 Å². The molecule has 1 rings (SSSR count). The molecule has 0 amide bonds. The van der Waals surface area contributed by atoms with Gasteiger partial charge in [-0.15, -0.1) is 0 Å². The maximum absolute atomic E-state index is 6.18. The maximum atomic E-state index is 6.18. The van der Waals surface area contributed by atoms with E-state index in [1.807, 2.05) is 11.8 Å².